The van der Waals surface area contributed by atoms with Crippen molar-refractivity contribution in [3.63, 3.8) is 0 Å². The third-order valence-corrected chi connectivity index (χ3v) is 5.85. The van der Waals surface area contributed by atoms with Crippen LogP contribution in [0.2, 0.25) is 0 Å². The van der Waals surface area contributed by atoms with Gasteiger partial charge in [0.2, 0.25) is 0 Å². The van der Waals surface area contributed by atoms with E-state index in [4.69, 9.17) is 21.9 Å². The van der Waals surface area contributed by atoms with Crippen LogP contribution in [-0.2, 0) is 4.74 Å². The molecule has 1 aromatic heterocycles. The standard InChI is InChI=1S/C21H28N4OS/c27-21(22-16-24-12-14-26-15-13-24)20(25-10-4-1-5-11-25)19-9-8-17-6-2-3-7-18(17)23-19/h2-3,6-9,20H,1,4-5,10-16H2,(H,22,27). The van der Waals surface area contributed by atoms with E-state index in [0.717, 1.165) is 62.3 Å². The van der Waals surface area contributed by atoms with E-state index in [1.165, 1.54) is 24.6 Å². The Morgan fingerprint density at radius 2 is 1.81 bits per heavy atom. The van der Waals surface area contributed by atoms with Crippen LogP contribution in [0.25, 0.3) is 10.9 Å². The predicted octanol–water partition coefficient (Wildman–Crippen LogP) is 2.97. The molecule has 2 aromatic rings. The highest BCUT2D eigenvalue weighted by atomic mass is 32.1. The van der Waals surface area contributed by atoms with Crippen LogP contribution in [0.3, 0.4) is 0 Å². The van der Waals surface area contributed by atoms with Crippen molar-refractivity contribution in [2.45, 2.75) is 25.3 Å². The first-order chi connectivity index (χ1) is 13.3. The number of aromatic nitrogens is 1. The number of para-hydroxylation sites is 1. The van der Waals surface area contributed by atoms with Crippen LogP contribution in [0.4, 0.5) is 0 Å². The number of thiocarbonyl (C=S) groups is 1. The van der Waals surface area contributed by atoms with E-state index in [9.17, 15) is 0 Å². The number of hydrogen-bond acceptors (Lipinski definition) is 5. The van der Waals surface area contributed by atoms with Gasteiger partial charge in [0.15, 0.2) is 0 Å². The number of benzene rings is 1. The molecular weight excluding hydrogens is 356 g/mol. The van der Waals surface area contributed by atoms with E-state index in [2.05, 4.69) is 45.4 Å². The number of ether oxygens (including phenoxy) is 1. The average Bonchev–Trinajstić information content (AvgIpc) is 2.74. The quantitative estimate of drug-likeness (QED) is 0.800. The Morgan fingerprint density at radius 1 is 1.04 bits per heavy atom. The van der Waals surface area contributed by atoms with E-state index >= 15 is 0 Å². The van der Waals surface area contributed by atoms with Crippen LogP contribution in [-0.4, -0.2) is 65.8 Å². The first-order valence-corrected chi connectivity index (χ1v) is 10.4. The highest BCUT2D eigenvalue weighted by molar-refractivity contribution is 7.80. The summed E-state index contributed by atoms with van der Waals surface area (Å²) in [4.78, 5) is 10.7. The molecule has 0 saturated carbocycles. The summed E-state index contributed by atoms with van der Waals surface area (Å²) >= 11 is 5.88. The maximum absolute atomic E-state index is 5.88. The van der Waals surface area contributed by atoms with Gasteiger partial charge in [-0.25, -0.2) is 0 Å². The maximum Gasteiger partial charge on any atom is 0.103 e. The predicted molar refractivity (Wildman–Crippen MR) is 113 cm³/mol. The van der Waals surface area contributed by atoms with Crippen molar-refractivity contribution in [1.29, 1.82) is 0 Å². The molecule has 0 spiro atoms. The molecule has 6 heteroatoms. The van der Waals surface area contributed by atoms with Gasteiger partial charge in [-0.15, -0.1) is 0 Å². The third kappa shape index (κ3) is 4.63. The molecule has 27 heavy (non-hydrogen) atoms. The van der Waals surface area contributed by atoms with E-state index in [1.807, 2.05) is 6.07 Å². The van der Waals surface area contributed by atoms with Gasteiger partial charge in [-0.05, 0) is 38.1 Å². The Bertz CT molecular complexity index is 772. The van der Waals surface area contributed by atoms with Crippen molar-refractivity contribution < 1.29 is 4.74 Å². The smallest absolute Gasteiger partial charge is 0.103 e. The van der Waals surface area contributed by atoms with Crippen LogP contribution in [0, 0.1) is 0 Å². The number of fused-ring (bicyclic) bond motifs is 1. The fourth-order valence-corrected chi connectivity index (χ4v) is 4.28. The molecule has 144 valence electrons. The molecule has 2 aliphatic heterocycles. The fraction of sp³-hybridized carbons (Fsp3) is 0.524. The molecule has 0 bridgehead atoms. The second-order valence-corrected chi connectivity index (χ2v) is 7.80. The first kappa shape index (κ1) is 18.7. The average molecular weight is 385 g/mol. The molecule has 5 nitrogen and oxygen atoms in total. The molecule has 0 amide bonds. The SMILES string of the molecule is S=C(NCN1CCOCC1)C(c1ccc2ccccc2n1)N1CCCCC1. The summed E-state index contributed by atoms with van der Waals surface area (Å²) < 4.78 is 5.44. The minimum atomic E-state index is 0.0472. The lowest BCUT2D eigenvalue weighted by atomic mass is 10.0. The lowest BCUT2D eigenvalue weighted by Gasteiger charge is -2.36. The Labute approximate surface area is 166 Å². The number of nitrogens with zero attached hydrogens (tertiary/aromatic N) is 3. The summed E-state index contributed by atoms with van der Waals surface area (Å²) in [6, 6.07) is 12.6. The van der Waals surface area contributed by atoms with Crippen LogP contribution in [0.5, 0.6) is 0 Å². The van der Waals surface area contributed by atoms with Crippen LogP contribution >= 0.6 is 12.2 Å². The number of rotatable bonds is 5. The van der Waals surface area contributed by atoms with Gasteiger partial charge in [-0.1, -0.05) is 42.9 Å². The zero-order valence-corrected chi connectivity index (χ0v) is 16.6. The molecule has 2 aliphatic rings. The number of piperidine rings is 1. The number of morpholine rings is 1. The normalized spacial score (nSPS) is 20.4. The lowest BCUT2D eigenvalue weighted by molar-refractivity contribution is 0.0364. The largest absolute Gasteiger partial charge is 0.379 e. The Balaban J connectivity index is 1.54. The summed E-state index contributed by atoms with van der Waals surface area (Å²) in [5.41, 5.74) is 2.09. The highest BCUT2D eigenvalue weighted by Gasteiger charge is 2.27. The molecule has 1 N–H and O–H groups in total. The summed E-state index contributed by atoms with van der Waals surface area (Å²) in [5, 5.41) is 4.69. The minimum absolute atomic E-state index is 0.0472. The molecule has 4 rings (SSSR count). The van der Waals surface area contributed by atoms with Gasteiger partial charge in [-0.3, -0.25) is 14.8 Å². The van der Waals surface area contributed by atoms with E-state index < -0.39 is 0 Å². The van der Waals surface area contributed by atoms with Gasteiger partial charge in [0.25, 0.3) is 0 Å². The third-order valence-electron chi connectivity index (χ3n) is 5.48. The molecule has 2 saturated heterocycles. The highest BCUT2D eigenvalue weighted by Crippen LogP contribution is 2.26. The summed E-state index contributed by atoms with van der Waals surface area (Å²) in [6.07, 6.45) is 3.77. The van der Waals surface area contributed by atoms with Gasteiger partial charge in [-0.2, -0.15) is 0 Å². The zero-order chi connectivity index (χ0) is 18.5. The Morgan fingerprint density at radius 3 is 2.63 bits per heavy atom. The summed E-state index contributed by atoms with van der Waals surface area (Å²) in [6.45, 7) is 6.46. The van der Waals surface area contributed by atoms with Crippen molar-refractivity contribution in [3.05, 3.63) is 42.1 Å². The van der Waals surface area contributed by atoms with E-state index in [1.54, 1.807) is 0 Å². The van der Waals surface area contributed by atoms with Crippen molar-refractivity contribution in [3.8, 4) is 0 Å². The van der Waals surface area contributed by atoms with Crippen LogP contribution in [0.15, 0.2) is 36.4 Å². The fourth-order valence-electron chi connectivity index (χ4n) is 3.94. The second kappa shape index (κ2) is 9.06. The molecule has 2 fully saturated rings. The van der Waals surface area contributed by atoms with Crippen LogP contribution < -0.4 is 5.32 Å². The van der Waals surface area contributed by atoms with Gasteiger partial charge >= 0.3 is 0 Å². The van der Waals surface area contributed by atoms with Crippen molar-refractivity contribution >= 4 is 28.1 Å². The van der Waals surface area contributed by atoms with Crippen molar-refractivity contribution in [1.82, 2.24) is 20.1 Å². The number of hydrogen-bond donors (Lipinski definition) is 1. The second-order valence-electron chi connectivity index (χ2n) is 7.36. The van der Waals surface area contributed by atoms with Gasteiger partial charge in [0.05, 0.1) is 36.1 Å². The molecule has 1 aromatic carbocycles. The zero-order valence-electron chi connectivity index (χ0n) is 15.8. The molecular formula is C21H28N4OS. The Hall–Kier alpha value is -1.60. The molecule has 0 aliphatic carbocycles. The van der Waals surface area contributed by atoms with E-state index in [0.29, 0.717) is 0 Å². The molecule has 1 atom stereocenters. The number of pyridine rings is 1. The van der Waals surface area contributed by atoms with Crippen molar-refractivity contribution in [2.24, 2.45) is 0 Å². The topological polar surface area (TPSA) is 40.6 Å². The van der Waals surface area contributed by atoms with E-state index in [-0.39, 0.29) is 6.04 Å². The Kier molecular flexibility index (Phi) is 6.29. The van der Waals surface area contributed by atoms with Gasteiger partial charge in [0.1, 0.15) is 6.04 Å². The van der Waals surface area contributed by atoms with Gasteiger partial charge in [0, 0.05) is 18.5 Å². The van der Waals surface area contributed by atoms with Gasteiger partial charge < -0.3 is 10.1 Å². The first-order valence-electron chi connectivity index (χ1n) is 9.99. The monoisotopic (exact) mass is 384 g/mol. The van der Waals surface area contributed by atoms with Crippen molar-refractivity contribution in [2.75, 3.05) is 46.1 Å². The summed E-state index contributed by atoms with van der Waals surface area (Å²) in [5.74, 6) is 0. The number of likely N-dealkylation sites (tertiary alicyclic amines) is 1. The maximum atomic E-state index is 5.88. The number of nitrogens with one attached hydrogen (secondary N) is 1. The molecule has 0 radical (unpaired) electrons. The van der Waals surface area contributed by atoms with Crippen LogP contribution in [0.1, 0.15) is 31.0 Å². The molecule has 3 heterocycles. The lowest BCUT2D eigenvalue weighted by Crippen LogP contribution is -2.47. The molecule has 1 unspecified atom stereocenters. The minimum Gasteiger partial charge on any atom is -0.379 e. The summed E-state index contributed by atoms with van der Waals surface area (Å²) in [7, 11) is 0.